The van der Waals surface area contributed by atoms with E-state index in [9.17, 15) is 18.0 Å². The minimum Gasteiger partial charge on any atom is -0.481 e. The summed E-state index contributed by atoms with van der Waals surface area (Å²) in [5.41, 5.74) is 0. The van der Waals surface area contributed by atoms with Crippen molar-refractivity contribution in [2.45, 2.75) is 84.0 Å². The van der Waals surface area contributed by atoms with Gasteiger partial charge in [0.1, 0.15) is 0 Å². The van der Waals surface area contributed by atoms with Crippen LogP contribution in [0, 0.1) is 0 Å². The number of rotatable bonds is 14. The van der Waals surface area contributed by atoms with Crippen molar-refractivity contribution in [1.29, 1.82) is 0 Å². The van der Waals surface area contributed by atoms with Crippen LogP contribution in [0.5, 0.6) is 0 Å². The van der Waals surface area contributed by atoms with Gasteiger partial charge in [0.15, 0.2) is 0 Å². The molecule has 24 heavy (non-hydrogen) atoms. The lowest BCUT2D eigenvalue weighted by Crippen LogP contribution is -2.16. The minimum atomic E-state index is -3.23. The van der Waals surface area contributed by atoms with Crippen LogP contribution in [-0.2, 0) is 19.6 Å². The van der Waals surface area contributed by atoms with E-state index in [1.807, 2.05) is 0 Å². The molecule has 0 aliphatic carbocycles. The van der Waals surface area contributed by atoms with Crippen molar-refractivity contribution < 1.29 is 28.2 Å². The topological polar surface area (TPSA) is 135 Å². The van der Waals surface area contributed by atoms with E-state index in [-0.39, 0.29) is 18.6 Å². The third kappa shape index (κ3) is 28.9. The first-order valence-corrected chi connectivity index (χ1v) is 10.3. The van der Waals surface area contributed by atoms with Gasteiger partial charge in [-0.1, -0.05) is 64.7 Å². The fourth-order valence-corrected chi connectivity index (χ4v) is 2.61. The van der Waals surface area contributed by atoms with Gasteiger partial charge in [-0.05, 0) is 6.42 Å². The van der Waals surface area contributed by atoms with Crippen molar-refractivity contribution in [1.82, 2.24) is 0 Å². The summed E-state index contributed by atoms with van der Waals surface area (Å²) in [5, 5.41) is 20.7. The van der Waals surface area contributed by atoms with Crippen LogP contribution in [0.2, 0.25) is 0 Å². The summed E-state index contributed by atoms with van der Waals surface area (Å²) in [4.78, 5) is 19.3. The number of primary sulfonamides is 1. The molecule has 0 fully saturated rings. The van der Waals surface area contributed by atoms with Crippen molar-refractivity contribution >= 4 is 22.0 Å². The normalized spacial score (nSPS) is 10.8. The second-order valence-corrected chi connectivity index (χ2v) is 7.57. The second kappa shape index (κ2) is 16.7. The first kappa shape index (κ1) is 25.1. The Morgan fingerprint density at radius 1 is 0.750 bits per heavy atom. The van der Waals surface area contributed by atoms with E-state index in [4.69, 9.17) is 15.4 Å². The number of carboxylic acids is 2. The fraction of sp³-hybridized carbons (Fsp3) is 0.875. The maximum Gasteiger partial charge on any atom is 0.303 e. The fourth-order valence-electron chi connectivity index (χ4n) is 2.00. The van der Waals surface area contributed by atoms with Crippen molar-refractivity contribution in [2.75, 3.05) is 5.75 Å². The van der Waals surface area contributed by atoms with Gasteiger partial charge in [-0.25, -0.2) is 13.6 Å². The van der Waals surface area contributed by atoms with Crippen LogP contribution in [0.15, 0.2) is 0 Å². The molecular weight excluding hydrogens is 334 g/mol. The molecule has 0 aliphatic heterocycles. The van der Waals surface area contributed by atoms with Gasteiger partial charge in [0.25, 0.3) is 0 Å². The van der Waals surface area contributed by atoms with E-state index >= 15 is 0 Å². The monoisotopic (exact) mass is 367 g/mol. The van der Waals surface area contributed by atoms with Crippen LogP contribution in [0.3, 0.4) is 0 Å². The van der Waals surface area contributed by atoms with Crippen LogP contribution in [0.25, 0.3) is 0 Å². The van der Waals surface area contributed by atoms with E-state index < -0.39 is 22.0 Å². The van der Waals surface area contributed by atoms with Crippen molar-refractivity contribution in [3.8, 4) is 0 Å². The minimum absolute atomic E-state index is 0.142. The average molecular weight is 368 g/mol. The standard InChI is InChI=1S/C12H27NO2S.C4H6O4/c1-2-3-4-5-6-7-8-9-10-11-12-16(13,14)15;5-3(6)1-2-4(7)8/h2-12H2,1H3,(H2,13,14,15);1-2H2,(H,5,6)(H,7,8). The van der Waals surface area contributed by atoms with Gasteiger partial charge in [0.2, 0.25) is 10.0 Å². The Labute approximate surface area is 145 Å². The van der Waals surface area contributed by atoms with Gasteiger partial charge >= 0.3 is 11.9 Å². The molecule has 0 rings (SSSR count). The van der Waals surface area contributed by atoms with Crippen molar-refractivity contribution in [3.05, 3.63) is 0 Å². The molecule has 0 bridgehead atoms. The van der Waals surface area contributed by atoms with E-state index in [0.717, 1.165) is 12.8 Å². The summed E-state index contributed by atoms with van der Waals surface area (Å²) >= 11 is 0. The van der Waals surface area contributed by atoms with Gasteiger partial charge in [0.05, 0.1) is 18.6 Å². The van der Waals surface area contributed by atoms with Crippen molar-refractivity contribution in [2.24, 2.45) is 5.14 Å². The smallest absolute Gasteiger partial charge is 0.303 e. The third-order valence-electron chi connectivity index (χ3n) is 3.34. The molecule has 0 saturated carbocycles. The Morgan fingerprint density at radius 2 is 1.08 bits per heavy atom. The number of carbonyl (C=O) groups is 2. The van der Waals surface area contributed by atoms with Gasteiger partial charge in [-0.15, -0.1) is 0 Å². The summed E-state index contributed by atoms with van der Waals surface area (Å²) in [6, 6.07) is 0. The number of unbranched alkanes of at least 4 members (excludes halogenated alkanes) is 9. The Kier molecular flexibility index (Phi) is 17.5. The average Bonchev–Trinajstić information content (AvgIpc) is 2.46. The molecular formula is C16H33NO6S. The molecule has 0 unspecified atom stereocenters. The largest absolute Gasteiger partial charge is 0.481 e. The Balaban J connectivity index is 0. The van der Waals surface area contributed by atoms with Gasteiger partial charge < -0.3 is 10.2 Å². The molecule has 4 N–H and O–H groups in total. The van der Waals surface area contributed by atoms with Crippen LogP contribution in [0.1, 0.15) is 84.0 Å². The molecule has 0 aromatic carbocycles. The van der Waals surface area contributed by atoms with Gasteiger partial charge in [-0.3, -0.25) is 9.59 Å². The summed E-state index contributed by atoms with van der Waals surface area (Å²) in [6.45, 7) is 2.23. The SMILES string of the molecule is CCCCCCCCCCCCS(N)(=O)=O.O=C(O)CCC(=O)O. The van der Waals surface area contributed by atoms with Gasteiger partial charge in [-0.2, -0.15) is 0 Å². The number of nitrogens with two attached hydrogens (primary N) is 1. The van der Waals surface area contributed by atoms with E-state index in [0.29, 0.717) is 6.42 Å². The molecule has 0 atom stereocenters. The number of carboxylic acid groups (broad SMARTS) is 2. The highest BCUT2D eigenvalue weighted by molar-refractivity contribution is 7.89. The molecule has 0 spiro atoms. The second-order valence-electron chi connectivity index (χ2n) is 5.84. The first-order valence-electron chi connectivity index (χ1n) is 8.63. The zero-order chi connectivity index (χ0) is 18.8. The lowest BCUT2D eigenvalue weighted by atomic mass is 10.1. The highest BCUT2D eigenvalue weighted by Gasteiger charge is 2.01. The maximum atomic E-state index is 10.6. The van der Waals surface area contributed by atoms with E-state index in [2.05, 4.69) is 6.92 Å². The first-order chi connectivity index (χ1) is 11.2. The van der Waals surface area contributed by atoms with E-state index in [1.54, 1.807) is 0 Å². The predicted molar refractivity (Wildman–Crippen MR) is 94.3 cm³/mol. The molecule has 0 saturated heterocycles. The molecule has 7 nitrogen and oxygen atoms in total. The molecule has 0 radical (unpaired) electrons. The molecule has 144 valence electrons. The Morgan fingerprint density at radius 3 is 1.38 bits per heavy atom. The predicted octanol–water partition coefficient (Wildman–Crippen LogP) is 3.13. The molecule has 0 heterocycles. The summed E-state index contributed by atoms with van der Waals surface area (Å²) in [7, 11) is -3.23. The van der Waals surface area contributed by atoms with Crippen LogP contribution < -0.4 is 5.14 Å². The van der Waals surface area contributed by atoms with Crippen LogP contribution in [-0.4, -0.2) is 36.3 Å². The lowest BCUT2D eigenvalue weighted by molar-refractivity contribution is -0.143. The van der Waals surface area contributed by atoms with Crippen molar-refractivity contribution in [3.63, 3.8) is 0 Å². The molecule has 8 heteroatoms. The highest BCUT2D eigenvalue weighted by Crippen LogP contribution is 2.10. The van der Waals surface area contributed by atoms with Gasteiger partial charge in [0, 0.05) is 0 Å². The summed E-state index contributed by atoms with van der Waals surface area (Å²) in [6.07, 6.45) is 11.5. The molecule has 0 aromatic heterocycles. The zero-order valence-corrected chi connectivity index (χ0v) is 15.5. The zero-order valence-electron chi connectivity index (χ0n) is 14.7. The number of aliphatic carboxylic acids is 2. The number of hydrogen-bond donors (Lipinski definition) is 3. The quantitative estimate of drug-likeness (QED) is 0.404. The summed E-state index contributed by atoms with van der Waals surface area (Å²) < 4.78 is 21.3. The number of hydrogen-bond acceptors (Lipinski definition) is 4. The lowest BCUT2D eigenvalue weighted by Gasteiger charge is -2.01. The maximum absolute atomic E-state index is 10.6. The molecule has 0 aliphatic rings. The van der Waals surface area contributed by atoms with Crippen LogP contribution >= 0.6 is 0 Å². The van der Waals surface area contributed by atoms with Crippen LogP contribution in [0.4, 0.5) is 0 Å². The third-order valence-corrected chi connectivity index (χ3v) is 4.19. The highest BCUT2D eigenvalue weighted by atomic mass is 32.2. The Bertz CT molecular complexity index is 408. The molecule has 0 aromatic rings. The summed E-state index contributed by atoms with van der Waals surface area (Å²) in [5.74, 6) is -2.01. The Hall–Kier alpha value is -1.15. The van der Waals surface area contributed by atoms with E-state index in [1.165, 1.54) is 44.9 Å². The number of sulfonamides is 1. The molecule has 0 amide bonds.